The molecule has 1 aliphatic carbocycles. The smallest absolute Gasteiger partial charge is 0.242 e. The van der Waals surface area contributed by atoms with Gasteiger partial charge in [-0.25, -0.2) is 12.8 Å². The molecule has 9 heteroatoms. The Morgan fingerprint density at radius 1 is 1.08 bits per heavy atom. The lowest BCUT2D eigenvalue weighted by Gasteiger charge is -2.30. The Morgan fingerprint density at radius 3 is 2.36 bits per heavy atom. The summed E-state index contributed by atoms with van der Waals surface area (Å²) in [5.41, 5.74) is 1.91. The maximum atomic E-state index is 14.3. The largest absolute Gasteiger partial charge is 0.352 e. The second-order valence-electron chi connectivity index (χ2n) is 9.50. The van der Waals surface area contributed by atoms with Crippen molar-refractivity contribution in [2.45, 2.75) is 71.0 Å². The lowest BCUT2D eigenvalue weighted by atomic mass is 10.1. The molecule has 2 aromatic carbocycles. The van der Waals surface area contributed by atoms with Gasteiger partial charge in [0.05, 0.1) is 11.9 Å². The van der Waals surface area contributed by atoms with E-state index in [1.165, 1.54) is 18.2 Å². The topological polar surface area (TPSA) is 86.8 Å². The molecule has 1 saturated carbocycles. The monoisotopic (exact) mass is 517 g/mol. The molecule has 0 saturated heterocycles. The molecule has 2 aromatic rings. The minimum absolute atomic E-state index is 0.0212. The molecule has 0 spiro atoms. The Bertz CT molecular complexity index is 1170. The van der Waals surface area contributed by atoms with Crippen molar-refractivity contribution in [1.29, 1.82) is 0 Å². The van der Waals surface area contributed by atoms with Gasteiger partial charge in [-0.2, -0.15) is 0 Å². The molecular weight excluding hydrogens is 481 g/mol. The predicted octanol–water partition coefficient (Wildman–Crippen LogP) is 4.16. The summed E-state index contributed by atoms with van der Waals surface area (Å²) < 4.78 is 40.0. The number of nitrogens with zero attached hydrogens (tertiary/aromatic N) is 2. The number of carbonyl (C=O) groups excluding carboxylic acids is 2. The van der Waals surface area contributed by atoms with Crippen molar-refractivity contribution >= 4 is 27.5 Å². The molecule has 0 aliphatic heterocycles. The first-order valence-corrected chi connectivity index (χ1v) is 14.3. The van der Waals surface area contributed by atoms with Gasteiger partial charge < -0.3 is 10.2 Å². The highest BCUT2D eigenvalue weighted by Crippen LogP contribution is 2.23. The van der Waals surface area contributed by atoms with Crippen LogP contribution in [0.3, 0.4) is 0 Å². The van der Waals surface area contributed by atoms with Crippen molar-refractivity contribution in [2.75, 3.05) is 17.1 Å². The van der Waals surface area contributed by atoms with E-state index in [0.29, 0.717) is 0 Å². The van der Waals surface area contributed by atoms with Gasteiger partial charge in [0.15, 0.2) is 0 Å². The highest BCUT2D eigenvalue weighted by atomic mass is 32.2. The van der Waals surface area contributed by atoms with Gasteiger partial charge in [0.1, 0.15) is 11.9 Å². The lowest BCUT2D eigenvalue weighted by molar-refractivity contribution is -0.141. The van der Waals surface area contributed by atoms with Crippen LogP contribution in [0.5, 0.6) is 0 Å². The van der Waals surface area contributed by atoms with Gasteiger partial charge in [-0.1, -0.05) is 49.2 Å². The van der Waals surface area contributed by atoms with E-state index in [1.54, 1.807) is 17.9 Å². The van der Waals surface area contributed by atoms with Gasteiger partial charge in [0.2, 0.25) is 21.8 Å². The molecule has 196 valence electrons. The number of hydrogen-bond acceptors (Lipinski definition) is 4. The van der Waals surface area contributed by atoms with E-state index in [4.69, 9.17) is 0 Å². The highest BCUT2D eigenvalue weighted by Gasteiger charge is 2.29. The van der Waals surface area contributed by atoms with Crippen LogP contribution in [-0.4, -0.2) is 50.0 Å². The van der Waals surface area contributed by atoms with Crippen LogP contribution in [0, 0.1) is 12.7 Å². The molecular formula is C27H36FN3O4S. The molecule has 3 rings (SSSR count). The van der Waals surface area contributed by atoms with Crippen molar-refractivity contribution in [3.05, 3.63) is 65.5 Å². The third-order valence-corrected chi connectivity index (χ3v) is 7.92. The lowest BCUT2D eigenvalue weighted by Crippen LogP contribution is -2.49. The summed E-state index contributed by atoms with van der Waals surface area (Å²) >= 11 is 0. The number of aryl methyl sites for hydroxylation is 1. The van der Waals surface area contributed by atoms with E-state index in [9.17, 15) is 22.4 Å². The van der Waals surface area contributed by atoms with Crippen LogP contribution in [0.4, 0.5) is 10.1 Å². The number of hydrogen-bond donors (Lipinski definition) is 1. The number of amides is 2. The van der Waals surface area contributed by atoms with Gasteiger partial charge in [-0.3, -0.25) is 13.9 Å². The van der Waals surface area contributed by atoms with Crippen LogP contribution in [0.25, 0.3) is 0 Å². The van der Waals surface area contributed by atoms with Crippen molar-refractivity contribution in [1.82, 2.24) is 10.2 Å². The van der Waals surface area contributed by atoms with Crippen LogP contribution in [0.15, 0.2) is 48.5 Å². The first kappa shape index (κ1) is 27.6. The van der Waals surface area contributed by atoms with Crippen LogP contribution in [-0.2, 0) is 26.2 Å². The molecule has 2 amide bonds. The average molecular weight is 518 g/mol. The standard InChI is InChI=1S/C27H36FN3O4S/c1-20-11-4-5-12-22(20)19-30(21(2)27(33)29-23-13-6-7-14-23)26(32)17-10-18-31(36(3,34)35)25-16-9-8-15-24(25)28/h4-5,8-9,11-12,15-16,21,23H,6-7,10,13-14,17-19H2,1-3H3,(H,29,33)/t21-/m0/s1. The van der Waals surface area contributed by atoms with Gasteiger partial charge in [-0.15, -0.1) is 0 Å². The van der Waals surface area contributed by atoms with Gasteiger partial charge >= 0.3 is 0 Å². The van der Waals surface area contributed by atoms with Crippen LogP contribution in [0.2, 0.25) is 0 Å². The number of benzene rings is 2. The van der Waals surface area contributed by atoms with E-state index in [0.717, 1.165) is 47.4 Å². The number of halogens is 1. The Balaban J connectivity index is 1.73. The van der Waals surface area contributed by atoms with Gasteiger partial charge in [-0.05, 0) is 56.4 Å². The third-order valence-electron chi connectivity index (χ3n) is 6.74. The second-order valence-corrected chi connectivity index (χ2v) is 11.4. The Kier molecular flexibility index (Phi) is 9.48. The molecule has 1 N–H and O–H groups in total. The quantitative estimate of drug-likeness (QED) is 0.485. The zero-order valence-electron chi connectivity index (χ0n) is 21.2. The number of carbonyl (C=O) groups is 2. The Hall–Kier alpha value is -2.94. The molecule has 1 atom stereocenters. The zero-order chi connectivity index (χ0) is 26.3. The van der Waals surface area contributed by atoms with Gasteiger partial charge in [0, 0.05) is 25.6 Å². The second kappa shape index (κ2) is 12.3. The van der Waals surface area contributed by atoms with E-state index in [1.807, 2.05) is 31.2 Å². The SMILES string of the molecule is Cc1ccccc1CN(C(=O)CCCN(c1ccccc1F)S(C)(=O)=O)[C@@H](C)C(=O)NC1CCCC1. The highest BCUT2D eigenvalue weighted by molar-refractivity contribution is 7.92. The fraction of sp³-hybridized carbons (Fsp3) is 0.481. The molecule has 0 aromatic heterocycles. The molecule has 0 unspecified atom stereocenters. The molecule has 0 radical (unpaired) electrons. The zero-order valence-corrected chi connectivity index (χ0v) is 22.1. The number of sulfonamides is 1. The number of anilines is 1. The number of rotatable bonds is 11. The van der Waals surface area contributed by atoms with Crippen molar-refractivity contribution in [2.24, 2.45) is 0 Å². The Morgan fingerprint density at radius 2 is 1.72 bits per heavy atom. The van der Waals surface area contributed by atoms with Crippen LogP contribution in [0.1, 0.15) is 56.6 Å². The summed E-state index contributed by atoms with van der Waals surface area (Å²) in [6.45, 7) is 3.91. The van der Waals surface area contributed by atoms with Crippen LogP contribution < -0.4 is 9.62 Å². The first-order chi connectivity index (χ1) is 17.1. The average Bonchev–Trinajstić information content (AvgIpc) is 3.33. The fourth-order valence-electron chi connectivity index (χ4n) is 4.58. The maximum Gasteiger partial charge on any atom is 0.242 e. The van der Waals surface area contributed by atoms with Gasteiger partial charge in [0.25, 0.3) is 0 Å². The third kappa shape index (κ3) is 7.29. The first-order valence-electron chi connectivity index (χ1n) is 12.4. The molecule has 7 nitrogen and oxygen atoms in total. The van der Waals surface area contributed by atoms with E-state index in [2.05, 4.69) is 5.32 Å². The molecule has 1 aliphatic rings. The maximum absolute atomic E-state index is 14.3. The number of nitrogens with one attached hydrogen (secondary N) is 1. The van der Waals surface area contributed by atoms with E-state index >= 15 is 0 Å². The summed E-state index contributed by atoms with van der Waals surface area (Å²) in [5, 5.41) is 3.07. The van der Waals surface area contributed by atoms with Crippen molar-refractivity contribution < 1.29 is 22.4 Å². The summed E-state index contributed by atoms with van der Waals surface area (Å²) in [5.74, 6) is -1.09. The Labute approximate surface area is 213 Å². The van der Waals surface area contributed by atoms with E-state index in [-0.39, 0.29) is 49.5 Å². The summed E-state index contributed by atoms with van der Waals surface area (Å²) in [6.07, 6.45) is 5.28. The van der Waals surface area contributed by atoms with E-state index < -0.39 is 21.9 Å². The molecule has 0 bridgehead atoms. The normalized spacial score (nSPS) is 14.9. The minimum atomic E-state index is -3.75. The minimum Gasteiger partial charge on any atom is -0.352 e. The van der Waals surface area contributed by atoms with Crippen molar-refractivity contribution in [3.63, 3.8) is 0 Å². The van der Waals surface area contributed by atoms with Crippen LogP contribution >= 0.6 is 0 Å². The summed E-state index contributed by atoms with van der Waals surface area (Å²) in [7, 11) is -3.75. The summed E-state index contributed by atoms with van der Waals surface area (Å²) in [4.78, 5) is 28.0. The molecule has 1 fully saturated rings. The molecule has 0 heterocycles. The predicted molar refractivity (Wildman–Crippen MR) is 139 cm³/mol. The number of para-hydroxylation sites is 1. The summed E-state index contributed by atoms with van der Waals surface area (Å²) in [6, 6.07) is 12.8. The van der Waals surface area contributed by atoms with Crippen molar-refractivity contribution in [3.8, 4) is 0 Å². The fourth-order valence-corrected chi connectivity index (χ4v) is 5.55. The molecule has 36 heavy (non-hydrogen) atoms.